The molecule has 0 amide bonds. The summed E-state index contributed by atoms with van der Waals surface area (Å²) in [4.78, 5) is 28.3. The van der Waals surface area contributed by atoms with E-state index in [9.17, 15) is 19.8 Å². The minimum absolute atomic E-state index is 0.0848. The quantitative estimate of drug-likeness (QED) is 0.0349. The third-order valence-corrected chi connectivity index (χ3v) is 23.0. The highest BCUT2D eigenvalue weighted by Crippen LogP contribution is 2.51. The predicted molar refractivity (Wildman–Crippen MR) is 431 cm³/mol. The molecule has 2 aliphatic rings. The van der Waals surface area contributed by atoms with Gasteiger partial charge in [0.1, 0.15) is 11.5 Å². The Morgan fingerprint density at radius 2 is 0.520 bits per heavy atom. The molecule has 0 fully saturated rings. The van der Waals surface area contributed by atoms with Gasteiger partial charge < -0.3 is 9.47 Å². The summed E-state index contributed by atoms with van der Waals surface area (Å²) in [6.45, 7) is 52.7. The van der Waals surface area contributed by atoms with Gasteiger partial charge in [0, 0.05) is 79.7 Å². The van der Waals surface area contributed by atoms with E-state index in [-0.39, 0.29) is 90.1 Å². The molecule has 4 aromatic rings. The van der Waals surface area contributed by atoms with Gasteiger partial charge in [-0.3, -0.25) is 19.8 Å². The second kappa shape index (κ2) is 35.7. The minimum Gasteiger partial charge on any atom is -0.494 e. The average molecular weight is 1400 g/mol. The number of ketones is 2. The van der Waals surface area contributed by atoms with Gasteiger partial charge >= 0.3 is 0 Å². The summed E-state index contributed by atoms with van der Waals surface area (Å²) in [6, 6.07) is 25.9. The van der Waals surface area contributed by atoms with E-state index in [1.165, 1.54) is 114 Å². The molecule has 0 heterocycles. The number of unbranched alkanes of at least 4 members (excludes halogenated alkanes) is 16. The van der Waals surface area contributed by atoms with Gasteiger partial charge in [-0.1, -0.05) is 350 Å². The van der Waals surface area contributed by atoms with Gasteiger partial charge in [-0.05, 0) is 116 Å². The number of benzene rings is 4. The van der Waals surface area contributed by atoms with Crippen molar-refractivity contribution in [2.75, 3.05) is 24.7 Å². The van der Waals surface area contributed by atoms with Crippen LogP contribution in [-0.2, 0) is 41.5 Å². The van der Waals surface area contributed by atoms with Crippen LogP contribution in [0.5, 0.6) is 23.0 Å². The second-order valence-corrected chi connectivity index (χ2v) is 40.5. The molecule has 2 unspecified atom stereocenters. The van der Waals surface area contributed by atoms with Crippen LogP contribution in [0.25, 0.3) is 0 Å². The number of hydrogen-bond acceptors (Lipinski definition) is 6. The molecular weight excluding hydrogens is 1270 g/mol. The normalized spacial score (nSPS) is 15.8. The van der Waals surface area contributed by atoms with Crippen molar-refractivity contribution in [3.8, 4) is 23.0 Å². The molecular formula is C92H136O6S2. The van der Waals surface area contributed by atoms with Crippen LogP contribution < -0.4 is 9.47 Å². The molecule has 6 nitrogen and oxygen atoms in total. The molecule has 0 bridgehead atoms. The fourth-order valence-electron chi connectivity index (χ4n) is 14.4. The van der Waals surface area contributed by atoms with Gasteiger partial charge in [-0.2, -0.15) is 0 Å². The minimum atomic E-state index is -0.336. The maximum atomic E-state index is 14.2. The maximum Gasteiger partial charge on any atom is 0.186 e. The third-order valence-electron chi connectivity index (χ3n) is 20.4. The molecule has 0 aromatic heterocycles. The van der Waals surface area contributed by atoms with Crippen molar-refractivity contribution in [2.24, 2.45) is 33.5 Å². The molecule has 2 aliphatic carbocycles. The van der Waals surface area contributed by atoms with E-state index in [4.69, 9.17) is 9.47 Å². The second-order valence-electron chi connectivity index (χ2n) is 37.8. The SMILES string of the molecule is CC(C)(C)C1=CC(C(c2ccc(OCCCCCCCCCCCSSCCCCCCCCCCCOc3ccc(C(c4cc(C(C)(C)C)c([O])c(C(C)(C)C)c4)C4C=C(C(C)(C)C)C(=O)C(C(C)(C)C)=C4)cc3)cc2)c2cc(C(C)(C)C)c([O])c(C(C)(C)C)c2)C=C(C(C)(C)C)C1=O. The molecule has 8 heteroatoms. The summed E-state index contributed by atoms with van der Waals surface area (Å²) < 4.78 is 12.7. The number of carbonyl (C=O) groups is 2. The molecule has 100 heavy (non-hydrogen) atoms. The highest BCUT2D eigenvalue weighted by molar-refractivity contribution is 8.76. The van der Waals surface area contributed by atoms with E-state index in [1.807, 2.05) is 0 Å². The van der Waals surface area contributed by atoms with Gasteiger partial charge in [-0.25, -0.2) is 0 Å². The molecule has 0 saturated carbocycles. The van der Waals surface area contributed by atoms with Crippen LogP contribution in [0.2, 0.25) is 0 Å². The van der Waals surface area contributed by atoms with Crippen molar-refractivity contribution in [3.63, 3.8) is 0 Å². The molecule has 2 atom stereocenters. The Kier molecular flexibility index (Phi) is 30.0. The van der Waals surface area contributed by atoms with Crippen molar-refractivity contribution in [2.45, 2.75) is 315 Å². The zero-order valence-electron chi connectivity index (χ0n) is 67.4. The fourth-order valence-corrected chi connectivity index (χ4v) is 16.7. The summed E-state index contributed by atoms with van der Waals surface area (Å²) in [6.07, 6.45) is 31.8. The lowest BCUT2D eigenvalue weighted by Crippen LogP contribution is -2.31. The predicted octanol–water partition coefficient (Wildman–Crippen LogP) is 27.6. The largest absolute Gasteiger partial charge is 0.494 e. The van der Waals surface area contributed by atoms with E-state index < -0.39 is 0 Å². The highest BCUT2D eigenvalue weighted by atomic mass is 33.1. The average Bonchev–Trinajstić information content (AvgIpc) is 0.759. The first-order chi connectivity index (χ1) is 46.4. The lowest BCUT2D eigenvalue weighted by molar-refractivity contribution is -0.115. The lowest BCUT2D eigenvalue weighted by atomic mass is 9.66. The Labute approximate surface area is 618 Å². The van der Waals surface area contributed by atoms with Crippen LogP contribution in [0.4, 0.5) is 0 Å². The molecule has 0 saturated heterocycles. The van der Waals surface area contributed by atoms with Crippen molar-refractivity contribution >= 4 is 33.2 Å². The van der Waals surface area contributed by atoms with E-state index in [2.05, 4.69) is 285 Å². The Bertz CT molecular complexity index is 3060. The van der Waals surface area contributed by atoms with Crippen LogP contribution in [0.1, 0.15) is 338 Å². The standard InChI is InChI=1S/C92H136O6S2/c1-85(2,3)71-55-65(56-72(81(71)93)86(4,5)6)79(66-57-73(87(7,8)9)82(94)74(58-66)88(10,11)12)63-43-47-69(48-44-63)97-51-39-35-31-27-25-29-33-37-41-53-99-100-54-42-38-34-30-26-28-32-36-40-52-98-70-49-45-64(46-50-70)80(67-59-75(89(13,14)15)83(95)76(60-67)90(16,17)18)68-61-77(91(19,20)21)84(96)78(62-68)92(22,23)24/h43-50,55-62,65,67,79-80H,25-42,51-54H2,1-24H3. The van der Waals surface area contributed by atoms with E-state index in [0.29, 0.717) is 13.2 Å². The zero-order valence-corrected chi connectivity index (χ0v) is 69.0. The third kappa shape index (κ3) is 24.3. The Morgan fingerprint density at radius 1 is 0.300 bits per heavy atom. The Hall–Kier alpha value is -4.92. The van der Waals surface area contributed by atoms with Gasteiger partial charge in [0.15, 0.2) is 23.1 Å². The number of rotatable bonds is 33. The molecule has 552 valence electrons. The molecule has 2 radical (unpaired) electrons. The van der Waals surface area contributed by atoms with Crippen LogP contribution in [0, 0.1) is 33.5 Å². The number of ether oxygens (including phenoxy) is 2. The maximum absolute atomic E-state index is 14.2. The van der Waals surface area contributed by atoms with Gasteiger partial charge in [-0.15, -0.1) is 0 Å². The van der Waals surface area contributed by atoms with Crippen molar-refractivity contribution in [1.29, 1.82) is 0 Å². The number of allylic oxidation sites excluding steroid dienone is 8. The molecule has 6 rings (SSSR count). The molecule has 0 spiro atoms. The summed E-state index contributed by atoms with van der Waals surface area (Å²) in [7, 11) is 4.16. The van der Waals surface area contributed by atoms with E-state index in [1.54, 1.807) is 0 Å². The molecule has 0 N–H and O–H groups in total. The topological polar surface area (TPSA) is 92.4 Å². The van der Waals surface area contributed by atoms with Gasteiger partial charge in [0.25, 0.3) is 0 Å². The van der Waals surface area contributed by atoms with Crippen molar-refractivity contribution in [1.82, 2.24) is 0 Å². The molecule has 4 aromatic carbocycles. The van der Waals surface area contributed by atoms with Crippen molar-refractivity contribution in [3.05, 3.63) is 164 Å². The van der Waals surface area contributed by atoms with E-state index in [0.717, 1.165) is 91.1 Å². The first-order valence-corrected chi connectivity index (χ1v) is 41.3. The lowest BCUT2D eigenvalue weighted by Gasteiger charge is -2.36. The van der Waals surface area contributed by atoms with Crippen molar-refractivity contribution < 1.29 is 29.3 Å². The summed E-state index contributed by atoms with van der Waals surface area (Å²) in [5.74, 6) is 4.45. The summed E-state index contributed by atoms with van der Waals surface area (Å²) >= 11 is 0. The number of carbonyl (C=O) groups excluding carboxylic acids is 2. The van der Waals surface area contributed by atoms with Crippen LogP contribution in [0.3, 0.4) is 0 Å². The van der Waals surface area contributed by atoms with Crippen LogP contribution in [0.15, 0.2) is 119 Å². The number of hydrogen-bond donors (Lipinski definition) is 0. The first kappa shape index (κ1) is 84.0. The fraction of sp³-hybridized carbons (Fsp3) is 0.630. The molecule has 0 aliphatic heterocycles. The highest BCUT2D eigenvalue weighted by Gasteiger charge is 2.42. The summed E-state index contributed by atoms with van der Waals surface area (Å²) in [5.41, 5.74) is 8.63. The smallest absolute Gasteiger partial charge is 0.186 e. The van der Waals surface area contributed by atoms with E-state index >= 15 is 0 Å². The zero-order chi connectivity index (χ0) is 74.4. The van der Waals surface area contributed by atoms with Crippen LogP contribution in [-0.4, -0.2) is 36.3 Å². The Morgan fingerprint density at radius 3 is 0.740 bits per heavy atom. The number of Topliss-reactive ketones (excluding diaryl/α,β-unsaturated/α-hetero) is 2. The van der Waals surface area contributed by atoms with Gasteiger partial charge in [0.2, 0.25) is 0 Å². The monoisotopic (exact) mass is 1400 g/mol. The van der Waals surface area contributed by atoms with Gasteiger partial charge in [0.05, 0.1) is 13.2 Å². The first-order valence-electron chi connectivity index (χ1n) is 38.8. The Balaban J connectivity index is 0.829. The van der Waals surface area contributed by atoms with Crippen LogP contribution >= 0.6 is 21.6 Å². The summed E-state index contributed by atoms with van der Waals surface area (Å²) in [5, 5.41) is 28.3.